The number of rotatable bonds is 2. The average molecular weight is 221 g/mol. The molecule has 16 heavy (non-hydrogen) atoms. The van der Waals surface area contributed by atoms with Crippen LogP contribution in [0.25, 0.3) is 0 Å². The molecule has 3 heteroatoms. The van der Waals surface area contributed by atoms with Gasteiger partial charge in [0, 0.05) is 6.04 Å². The summed E-state index contributed by atoms with van der Waals surface area (Å²) in [7, 11) is 0. The van der Waals surface area contributed by atoms with Gasteiger partial charge < -0.3 is 5.32 Å². The molecule has 0 radical (unpaired) electrons. The standard InChI is InChI=1S/C13H23N3/c1-9-12(10(2)16-15-9)14-11-7-5-6-8-13(11,3)4/h11,14H,5-8H2,1-4H3,(H,15,16). The molecule has 2 N–H and O–H groups in total. The Morgan fingerprint density at radius 2 is 2.06 bits per heavy atom. The van der Waals surface area contributed by atoms with Crippen molar-refractivity contribution in [1.29, 1.82) is 0 Å². The number of H-pyrrole nitrogens is 1. The van der Waals surface area contributed by atoms with Crippen LogP contribution in [0.5, 0.6) is 0 Å². The molecule has 1 unspecified atom stereocenters. The van der Waals surface area contributed by atoms with Crippen LogP contribution in [-0.2, 0) is 0 Å². The topological polar surface area (TPSA) is 40.7 Å². The molecular weight excluding hydrogens is 198 g/mol. The highest BCUT2D eigenvalue weighted by molar-refractivity contribution is 5.52. The van der Waals surface area contributed by atoms with Gasteiger partial charge in [0.05, 0.1) is 17.1 Å². The Morgan fingerprint density at radius 3 is 2.62 bits per heavy atom. The summed E-state index contributed by atoms with van der Waals surface area (Å²) in [6.45, 7) is 8.88. The van der Waals surface area contributed by atoms with Gasteiger partial charge in [0.25, 0.3) is 0 Å². The maximum Gasteiger partial charge on any atom is 0.0825 e. The number of anilines is 1. The van der Waals surface area contributed by atoms with E-state index in [0.717, 1.165) is 11.4 Å². The summed E-state index contributed by atoms with van der Waals surface area (Å²) in [6, 6.07) is 0.580. The van der Waals surface area contributed by atoms with E-state index in [1.165, 1.54) is 31.4 Å². The molecule has 1 saturated carbocycles. The van der Waals surface area contributed by atoms with Crippen molar-refractivity contribution < 1.29 is 0 Å². The van der Waals surface area contributed by atoms with Crippen molar-refractivity contribution in [3.05, 3.63) is 11.4 Å². The lowest BCUT2D eigenvalue weighted by atomic mass is 9.73. The van der Waals surface area contributed by atoms with E-state index < -0.39 is 0 Å². The van der Waals surface area contributed by atoms with Crippen LogP contribution in [0, 0.1) is 19.3 Å². The summed E-state index contributed by atoms with van der Waals surface area (Å²) in [5.41, 5.74) is 3.84. The van der Waals surface area contributed by atoms with Crippen molar-refractivity contribution in [2.75, 3.05) is 5.32 Å². The Bertz CT molecular complexity index is 346. The zero-order valence-electron chi connectivity index (χ0n) is 10.9. The smallest absolute Gasteiger partial charge is 0.0825 e. The fourth-order valence-corrected chi connectivity index (χ4v) is 2.70. The monoisotopic (exact) mass is 221 g/mol. The van der Waals surface area contributed by atoms with E-state index >= 15 is 0 Å². The fourth-order valence-electron chi connectivity index (χ4n) is 2.70. The van der Waals surface area contributed by atoms with Gasteiger partial charge >= 0.3 is 0 Å². The van der Waals surface area contributed by atoms with E-state index in [-0.39, 0.29) is 0 Å². The van der Waals surface area contributed by atoms with Gasteiger partial charge in [-0.1, -0.05) is 26.7 Å². The van der Waals surface area contributed by atoms with Crippen LogP contribution in [-0.4, -0.2) is 16.2 Å². The summed E-state index contributed by atoms with van der Waals surface area (Å²) < 4.78 is 0. The zero-order valence-corrected chi connectivity index (χ0v) is 10.9. The highest BCUT2D eigenvalue weighted by Gasteiger charge is 2.32. The lowest BCUT2D eigenvalue weighted by Crippen LogP contribution is -2.39. The quantitative estimate of drug-likeness (QED) is 0.803. The third-order valence-corrected chi connectivity index (χ3v) is 3.95. The van der Waals surface area contributed by atoms with Gasteiger partial charge in [-0.2, -0.15) is 5.10 Å². The Kier molecular flexibility index (Phi) is 2.96. The van der Waals surface area contributed by atoms with E-state index in [4.69, 9.17) is 0 Å². The van der Waals surface area contributed by atoms with Gasteiger partial charge in [0.1, 0.15) is 0 Å². The Hall–Kier alpha value is -0.990. The van der Waals surface area contributed by atoms with Crippen molar-refractivity contribution in [3.63, 3.8) is 0 Å². The average Bonchev–Trinajstić information content (AvgIpc) is 2.52. The Labute approximate surface area is 98.0 Å². The second-order valence-corrected chi connectivity index (χ2v) is 5.74. The lowest BCUT2D eigenvalue weighted by Gasteiger charge is -2.39. The minimum atomic E-state index is 0.397. The van der Waals surface area contributed by atoms with Gasteiger partial charge in [0.15, 0.2) is 0 Å². The van der Waals surface area contributed by atoms with Gasteiger partial charge in [-0.25, -0.2) is 0 Å². The van der Waals surface area contributed by atoms with E-state index in [9.17, 15) is 0 Å². The summed E-state index contributed by atoms with van der Waals surface area (Å²) >= 11 is 0. The summed E-state index contributed by atoms with van der Waals surface area (Å²) in [6.07, 6.45) is 5.31. The number of aromatic amines is 1. The predicted octanol–water partition coefficient (Wildman–Crippen LogP) is 3.41. The van der Waals surface area contributed by atoms with Gasteiger partial charge in [-0.3, -0.25) is 5.10 Å². The molecule has 0 bridgehead atoms. The molecule has 1 aromatic rings. The SMILES string of the molecule is Cc1n[nH]c(C)c1NC1CCCCC1(C)C. The van der Waals surface area contributed by atoms with E-state index in [1.54, 1.807) is 0 Å². The minimum absolute atomic E-state index is 0.397. The highest BCUT2D eigenvalue weighted by Crippen LogP contribution is 2.37. The predicted molar refractivity (Wildman–Crippen MR) is 67.7 cm³/mol. The van der Waals surface area contributed by atoms with Crippen molar-refractivity contribution in [2.24, 2.45) is 5.41 Å². The first-order valence-corrected chi connectivity index (χ1v) is 6.29. The molecule has 0 amide bonds. The molecule has 1 atom stereocenters. The molecule has 0 aromatic carbocycles. The van der Waals surface area contributed by atoms with Crippen molar-refractivity contribution in [1.82, 2.24) is 10.2 Å². The molecule has 2 rings (SSSR count). The second kappa shape index (κ2) is 4.11. The first-order chi connectivity index (χ1) is 7.50. The second-order valence-electron chi connectivity index (χ2n) is 5.74. The lowest BCUT2D eigenvalue weighted by molar-refractivity contribution is 0.217. The van der Waals surface area contributed by atoms with Crippen LogP contribution in [0.1, 0.15) is 50.9 Å². The fraction of sp³-hybridized carbons (Fsp3) is 0.769. The van der Waals surface area contributed by atoms with Gasteiger partial charge in [-0.15, -0.1) is 0 Å². The van der Waals surface area contributed by atoms with Crippen LogP contribution in [0.2, 0.25) is 0 Å². The minimum Gasteiger partial charge on any atom is -0.379 e. The molecule has 1 heterocycles. The van der Waals surface area contributed by atoms with Crippen molar-refractivity contribution in [3.8, 4) is 0 Å². The number of nitrogens with one attached hydrogen (secondary N) is 2. The molecule has 0 saturated heterocycles. The van der Waals surface area contributed by atoms with E-state index in [0.29, 0.717) is 11.5 Å². The van der Waals surface area contributed by atoms with Crippen LogP contribution in [0.4, 0.5) is 5.69 Å². The number of aromatic nitrogens is 2. The molecule has 90 valence electrons. The third-order valence-electron chi connectivity index (χ3n) is 3.95. The van der Waals surface area contributed by atoms with Crippen LogP contribution >= 0.6 is 0 Å². The van der Waals surface area contributed by atoms with Crippen LogP contribution in [0.3, 0.4) is 0 Å². The first kappa shape index (κ1) is 11.5. The molecule has 1 fully saturated rings. The third kappa shape index (κ3) is 2.08. The largest absolute Gasteiger partial charge is 0.379 e. The summed E-state index contributed by atoms with van der Waals surface area (Å²) in [5, 5.41) is 11.0. The Morgan fingerprint density at radius 1 is 1.31 bits per heavy atom. The van der Waals surface area contributed by atoms with E-state index in [2.05, 4.69) is 43.2 Å². The first-order valence-electron chi connectivity index (χ1n) is 6.29. The molecule has 1 aliphatic rings. The summed E-state index contributed by atoms with van der Waals surface area (Å²) in [4.78, 5) is 0. The Balaban J connectivity index is 2.14. The molecule has 3 nitrogen and oxygen atoms in total. The summed E-state index contributed by atoms with van der Waals surface area (Å²) in [5.74, 6) is 0. The number of nitrogens with zero attached hydrogens (tertiary/aromatic N) is 1. The van der Waals surface area contributed by atoms with E-state index in [1.807, 2.05) is 0 Å². The normalized spacial score (nSPS) is 24.4. The van der Waals surface area contributed by atoms with Gasteiger partial charge in [-0.05, 0) is 32.1 Å². The molecule has 1 aromatic heterocycles. The van der Waals surface area contributed by atoms with Gasteiger partial charge in [0.2, 0.25) is 0 Å². The van der Waals surface area contributed by atoms with Crippen LogP contribution in [0.15, 0.2) is 0 Å². The van der Waals surface area contributed by atoms with Crippen molar-refractivity contribution >= 4 is 5.69 Å². The maximum absolute atomic E-state index is 4.24. The maximum atomic E-state index is 4.24. The number of hydrogen-bond acceptors (Lipinski definition) is 2. The molecule has 0 aliphatic heterocycles. The van der Waals surface area contributed by atoms with Crippen molar-refractivity contribution in [2.45, 2.75) is 59.4 Å². The highest BCUT2D eigenvalue weighted by atomic mass is 15.2. The molecule has 0 spiro atoms. The molecule has 1 aliphatic carbocycles. The van der Waals surface area contributed by atoms with Crippen LogP contribution < -0.4 is 5.32 Å². The zero-order chi connectivity index (χ0) is 11.8. The number of aryl methyl sites for hydroxylation is 2. The molecular formula is C13H23N3. The number of hydrogen-bond donors (Lipinski definition) is 2.